The molecule has 0 radical (unpaired) electrons. The van der Waals surface area contributed by atoms with Gasteiger partial charge in [-0.15, -0.1) is 13.2 Å². The highest BCUT2D eigenvalue weighted by atomic mass is 19.4. The zero-order chi connectivity index (χ0) is 21.1. The Kier molecular flexibility index (Phi) is 6.71. The fourth-order valence-electron chi connectivity index (χ4n) is 3.11. The Morgan fingerprint density at radius 3 is 2.32 bits per heavy atom. The van der Waals surface area contributed by atoms with Crippen LogP contribution in [0, 0.1) is 6.92 Å². The number of anilines is 2. The maximum absolute atomic E-state index is 12.5. The van der Waals surface area contributed by atoms with Gasteiger partial charge in [-0.05, 0) is 49.9 Å². The van der Waals surface area contributed by atoms with Crippen LogP contribution in [-0.4, -0.2) is 22.4 Å². The van der Waals surface area contributed by atoms with Gasteiger partial charge in [-0.1, -0.05) is 20.8 Å². The van der Waals surface area contributed by atoms with Crippen LogP contribution in [-0.2, 0) is 6.42 Å². The highest BCUT2D eigenvalue weighted by Crippen LogP contribution is 2.33. The number of aromatic nitrogens is 2. The van der Waals surface area contributed by atoms with Crippen molar-refractivity contribution in [1.82, 2.24) is 9.97 Å². The predicted molar refractivity (Wildman–Crippen MR) is 104 cm³/mol. The molecule has 2 aromatic rings. The molecule has 2 rings (SSSR count). The van der Waals surface area contributed by atoms with Gasteiger partial charge in [0, 0.05) is 11.6 Å². The minimum absolute atomic E-state index is 0.0758. The molecule has 28 heavy (non-hydrogen) atoms. The molecule has 1 aromatic carbocycles. The fraction of sp³-hybridized carbons (Fsp3) is 0.474. The molecule has 0 bridgehead atoms. The van der Waals surface area contributed by atoms with Crippen molar-refractivity contribution < 1.29 is 17.9 Å². The lowest BCUT2D eigenvalue weighted by Crippen LogP contribution is -2.42. The second-order valence-electron chi connectivity index (χ2n) is 6.46. The van der Waals surface area contributed by atoms with Crippen LogP contribution in [0.4, 0.5) is 24.8 Å². The molecular weight excluding hydrogens is 371 g/mol. The topological polar surface area (TPSA) is 90.3 Å². The summed E-state index contributed by atoms with van der Waals surface area (Å²) in [5.74, 6) is 6.48. The molecule has 0 fully saturated rings. The standard InChI is InChI=1S/C19H26F3N5O/c1-5-12-10-14(28-19(20,21)22)8-9-15(12)16-11(4)25-18(17(23)26-16)27(24)13(6-2)7-3/h8-10,13H,5-7,24H2,1-4H3,(H2,23,26). The molecule has 0 unspecified atom stereocenters. The average Bonchev–Trinajstić information content (AvgIpc) is 2.63. The molecule has 0 aliphatic carbocycles. The van der Waals surface area contributed by atoms with Crippen LogP contribution in [0.5, 0.6) is 5.75 Å². The normalized spacial score (nSPS) is 11.8. The zero-order valence-electron chi connectivity index (χ0n) is 16.5. The van der Waals surface area contributed by atoms with Crippen LogP contribution in [0.3, 0.4) is 0 Å². The first-order chi connectivity index (χ1) is 13.1. The molecule has 1 aromatic heterocycles. The molecule has 6 nitrogen and oxygen atoms in total. The first kappa shape index (κ1) is 21.7. The van der Waals surface area contributed by atoms with Crippen molar-refractivity contribution in [1.29, 1.82) is 0 Å². The largest absolute Gasteiger partial charge is 0.573 e. The second kappa shape index (κ2) is 8.64. The molecule has 0 amide bonds. The summed E-state index contributed by atoms with van der Waals surface area (Å²) in [6.07, 6.45) is -2.59. The lowest BCUT2D eigenvalue weighted by atomic mass is 10.0. The molecule has 0 spiro atoms. The Bertz CT molecular complexity index is 822. The molecule has 0 aliphatic heterocycles. The van der Waals surface area contributed by atoms with Crippen molar-refractivity contribution >= 4 is 11.6 Å². The molecule has 0 saturated carbocycles. The molecule has 0 atom stereocenters. The maximum atomic E-state index is 12.5. The number of hydrogen-bond acceptors (Lipinski definition) is 6. The lowest BCUT2D eigenvalue weighted by molar-refractivity contribution is -0.274. The van der Waals surface area contributed by atoms with E-state index in [1.54, 1.807) is 6.92 Å². The summed E-state index contributed by atoms with van der Waals surface area (Å²) in [5, 5.41) is 1.53. The van der Waals surface area contributed by atoms with Crippen molar-refractivity contribution in [3.63, 3.8) is 0 Å². The smallest absolute Gasteiger partial charge is 0.406 e. The van der Waals surface area contributed by atoms with Crippen LogP contribution < -0.4 is 21.3 Å². The van der Waals surface area contributed by atoms with E-state index in [1.807, 2.05) is 20.8 Å². The summed E-state index contributed by atoms with van der Waals surface area (Å²) >= 11 is 0. The van der Waals surface area contributed by atoms with Gasteiger partial charge in [0.1, 0.15) is 5.75 Å². The van der Waals surface area contributed by atoms with Crippen LogP contribution in [0.2, 0.25) is 0 Å². The summed E-state index contributed by atoms with van der Waals surface area (Å²) in [7, 11) is 0. The minimum Gasteiger partial charge on any atom is -0.406 e. The minimum atomic E-state index is -4.74. The number of nitrogens with two attached hydrogens (primary N) is 2. The van der Waals surface area contributed by atoms with Gasteiger partial charge in [0.15, 0.2) is 11.6 Å². The zero-order valence-corrected chi connectivity index (χ0v) is 16.5. The number of ether oxygens (including phenoxy) is 1. The maximum Gasteiger partial charge on any atom is 0.573 e. The van der Waals surface area contributed by atoms with Gasteiger partial charge in [0.05, 0.1) is 11.4 Å². The third-order valence-corrected chi connectivity index (χ3v) is 4.60. The highest BCUT2D eigenvalue weighted by molar-refractivity contribution is 5.71. The van der Waals surface area contributed by atoms with Crippen molar-refractivity contribution in [2.75, 3.05) is 10.7 Å². The van der Waals surface area contributed by atoms with Crippen LogP contribution in [0.25, 0.3) is 11.3 Å². The Labute approximate surface area is 162 Å². The van der Waals surface area contributed by atoms with E-state index >= 15 is 0 Å². The number of alkyl halides is 3. The molecule has 154 valence electrons. The second-order valence-corrected chi connectivity index (χ2v) is 6.46. The predicted octanol–water partition coefficient (Wildman–Crippen LogP) is 4.36. The number of rotatable bonds is 7. The van der Waals surface area contributed by atoms with E-state index in [2.05, 4.69) is 14.7 Å². The lowest BCUT2D eigenvalue weighted by Gasteiger charge is -2.27. The van der Waals surface area contributed by atoms with E-state index in [0.29, 0.717) is 34.8 Å². The molecule has 0 saturated heterocycles. The monoisotopic (exact) mass is 397 g/mol. The van der Waals surface area contributed by atoms with E-state index in [1.165, 1.54) is 23.2 Å². The number of halogens is 3. The van der Waals surface area contributed by atoms with Gasteiger partial charge in [-0.3, -0.25) is 5.01 Å². The first-order valence-electron chi connectivity index (χ1n) is 9.18. The van der Waals surface area contributed by atoms with Crippen LogP contribution >= 0.6 is 0 Å². The van der Waals surface area contributed by atoms with E-state index in [0.717, 1.165) is 12.8 Å². The van der Waals surface area contributed by atoms with E-state index < -0.39 is 6.36 Å². The number of hydrogen-bond donors (Lipinski definition) is 2. The first-order valence-corrected chi connectivity index (χ1v) is 9.18. The van der Waals surface area contributed by atoms with Crippen molar-refractivity contribution in [3.8, 4) is 17.0 Å². The number of nitrogen functional groups attached to an aromatic ring is 1. The van der Waals surface area contributed by atoms with Crippen LogP contribution in [0.1, 0.15) is 44.9 Å². The van der Waals surface area contributed by atoms with E-state index in [4.69, 9.17) is 11.6 Å². The summed E-state index contributed by atoms with van der Waals surface area (Å²) < 4.78 is 41.5. The molecule has 4 N–H and O–H groups in total. The van der Waals surface area contributed by atoms with E-state index in [9.17, 15) is 13.2 Å². The van der Waals surface area contributed by atoms with Gasteiger partial charge in [0.25, 0.3) is 0 Å². The van der Waals surface area contributed by atoms with E-state index in [-0.39, 0.29) is 17.6 Å². The molecule has 9 heteroatoms. The Morgan fingerprint density at radius 2 is 1.79 bits per heavy atom. The van der Waals surface area contributed by atoms with Crippen molar-refractivity contribution in [2.45, 2.75) is 59.4 Å². The Hall–Kier alpha value is -2.55. The third-order valence-electron chi connectivity index (χ3n) is 4.60. The van der Waals surface area contributed by atoms with Crippen molar-refractivity contribution in [3.05, 3.63) is 29.5 Å². The van der Waals surface area contributed by atoms with Gasteiger partial charge >= 0.3 is 6.36 Å². The van der Waals surface area contributed by atoms with Gasteiger partial charge in [-0.2, -0.15) is 0 Å². The number of nitrogens with zero attached hydrogens (tertiary/aromatic N) is 3. The number of hydrazine groups is 1. The molecular formula is C19H26F3N5O. The Morgan fingerprint density at radius 1 is 1.14 bits per heavy atom. The highest BCUT2D eigenvalue weighted by Gasteiger charge is 2.31. The van der Waals surface area contributed by atoms with Gasteiger partial charge in [-0.25, -0.2) is 15.8 Å². The average molecular weight is 397 g/mol. The number of aryl methyl sites for hydroxylation is 2. The summed E-state index contributed by atoms with van der Waals surface area (Å²) in [4.78, 5) is 8.98. The molecule has 1 heterocycles. The number of benzene rings is 1. The van der Waals surface area contributed by atoms with Crippen LogP contribution in [0.15, 0.2) is 18.2 Å². The van der Waals surface area contributed by atoms with Gasteiger partial charge < -0.3 is 10.5 Å². The quantitative estimate of drug-likeness (QED) is 0.533. The third kappa shape index (κ3) is 4.83. The molecule has 0 aliphatic rings. The van der Waals surface area contributed by atoms with Crippen molar-refractivity contribution in [2.24, 2.45) is 5.84 Å². The SMILES string of the molecule is CCc1cc(OC(F)(F)F)ccc1-c1nc(N)c(N(N)C(CC)CC)nc1C. The van der Waals surface area contributed by atoms with Gasteiger partial charge in [0.2, 0.25) is 0 Å². The summed E-state index contributed by atoms with van der Waals surface area (Å²) in [6.45, 7) is 7.66. The fourth-order valence-corrected chi connectivity index (χ4v) is 3.11. The summed E-state index contributed by atoms with van der Waals surface area (Å²) in [6, 6.07) is 4.23. The summed E-state index contributed by atoms with van der Waals surface area (Å²) in [5.41, 5.74) is 8.52. The Balaban J connectivity index is 2.47.